The van der Waals surface area contributed by atoms with E-state index in [-0.39, 0.29) is 16.3 Å². The maximum absolute atomic E-state index is 12.3. The molecule has 0 aliphatic rings. The Morgan fingerprint density at radius 3 is 2.45 bits per heavy atom. The molecule has 1 amide bonds. The Morgan fingerprint density at radius 1 is 1.40 bits per heavy atom. The van der Waals surface area contributed by atoms with Crippen molar-refractivity contribution in [3.8, 4) is 0 Å². The number of nitrogens with one attached hydrogen (secondary N) is 1. The minimum absolute atomic E-state index is 0.0437. The number of hydrogen-bond acceptors (Lipinski definition) is 3. The summed E-state index contributed by atoms with van der Waals surface area (Å²) >= 11 is 0. The van der Waals surface area contributed by atoms with E-state index in [0.29, 0.717) is 12.2 Å². The van der Waals surface area contributed by atoms with Crippen LogP contribution in [0.4, 0.5) is 0 Å². The summed E-state index contributed by atoms with van der Waals surface area (Å²) < 4.78 is 24.3. The zero-order chi connectivity index (χ0) is 15.6. The quantitative estimate of drug-likeness (QED) is 0.833. The van der Waals surface area contributed by atoms with Crippen molar-refractivity contribution in [2.24, 2.45) is 5.14 Å². The van der Waals surface area contributed by atoms with Gasteiger partial charge in [0.1, 0.15) is 10.6 Å². The lowest BCUT2D eigenvalue weighted by molar-refractivity contribution is 0.0899. The molecule has 1 heterocycles. The summed E-state index contributed by atoms with van der Waals surface area (Å²) in [7, 11) is -3.80. The number of primary sulfonamides is 1. The van der Waals surface area contributed by atoms with Crippen molar-refractivity contribution in [3.05, 3.63) is 18.0 Å². The van der Waals surface area contributed by atoms with Gasteiger partial charge in [-0.2, -0.15) is 0 Å². The van der Waals surface area contributed by atoms with Crippen LogP contribution in [0.25, 0.3) is 0 Å². The van der Waals surface area contributed by atoms with Crippen molar-refractivity contribution >= 4 is 15.9 Å². The van der Waals surface area contributed by atoms with Gasteiger partial charge in [-0.15, -0.1) is 0 Å². The Bertz CT molecular complexity index is 588. The molecule has 0 atom stereocenters. The van der Waals surface area contributed by atoms with E-state index in [1.54, 1.807) is 4.57 Å². The lowest BCUT2D eigenvalue weighted by Crippen LogP contribution is -2.43. The predicted molar refractivity (Wildman–Crippen MR) is 77.9 cm³/mol. The highest BCUT2D eigenvalue weighted by Crippen LogP contribution is 2.16. The van der Waals surface area contributed by atoms with E-state index in [1.807, 2.05) is 27.7 Å². The first-order valence-electron chi connectivity index (χ1n) is 6.66. The van der Waals surface area contributed by atoms with Gasteiger partial charge in [-0.3, -0.25) is 4.79 Å². The first kappa shape index (κ1) is 16.7. The van der Waals surface area contributed by atoms with Crippen LogP contribution in [-0.2, 0) is 16.6 Å². The van der Waals surface area contributed by atoms with Gasteiger partial charge in [-0.25, -0.2) is 13.6 Å². The molecule has 0 aliphatic heterocycles. The molecule has 0 bridgehead atoms. The number of carbonyl (C=O) groups is 1. The molecule has 7 heteroatoms. The van der Waals surface area contributed by atoms with Crippen LogP contribution in [-0.4, -0.2) is 24.4 Å². The summed E-state index contributed by atoms with van der Waals surface area (Å²) in [4.78, 5) is 12.2. The zero-order valence-electron chi connectivity index (χ0n) is 12.4. The van der Waals surface area contributed by atoms with E-state index in [0.717, 1.165) is 12.8 Å². The van der Waals surface area contributed by atoms with Gasteiger partial charge in [0.05, 0.1) is 0 Å². The van der Waals surface area contributed by atoms with E-state index in [1.165, 1.54) is 12.3 Å². The van der Waals surface area contributed by atoms with Gasteiger partial charge in [-0.1, -0.05) is 13.3 Å². The molecule has 0 spiro atoms. The maximum atomic E-state index is 12.3. The molecular formula is C13H23N3O3S. The van der Waals surface area contributed by atoms with Gasteiger partial charge < -0.3 is 9.88 Å². The van der Waals surface area contributed by atoms with Crippen LogP contribution < -0.4 is 10.5 Å². The molecule has 20 heavy (non-hydrogen) atoms. The lowest BCUT2D eigenvalue weighted by atomic mass is 9.99. The Hall–Kier alpha value is -1.34. The van der Waals surface area contributed by atoms with Gasteiger partial charge in [0, 0.05) is 18.3 Å². The molecule has 1 aromatic rings. The van der Waals surface area contributed by atoms with E-state index in [9.17, 15) is 13.2 Å². The molecule has 0 radical (unpaired) electrons. The highest BCUT2D eigenvalue weighted by atomic mass is 32.2. The van der Waals surface area contributed by atoms with E-state index < -0.39 is 10.0 Å². The van der Waals surface area contributed by atoms with Crippen molar-refractivity contribution in [2.45, 2.75) is 57.5 Å². The fourth-order valence-electron chi connectivity index (χ4n) is 2.15. The third-order valence-electron chi connectivity index (χ3n) is 3.10. The molecule has 0 aliphatic carbocycles. The average Bonchev–Trinajstić information content (AvgIpc) is 2.71. The Morgan fingerprint density at radius 2 is 2.00 bits per heavy atom. The minimum Gasteiger partial charge on any atom is -0.346 e. The average molecular weight is 301 g/mol. The van der Waals surface area contributed by atoms with E-state index >= 15 is 0 Å². The molecule has 0 aromatic carbocycles. The van der Waals surface area contributed by atoms with Crippen molar-refractivity contribution in [2.75, 3.05) is 0 Å². The smallest absolute Gasteiger partial charge is 0.268 e. The SMILES string of the molecule is CCCC(C)(C)NC(=O)c1cc(S(N)(=O)=O)cn1CC. The molecule has 1 rings (SSSR count). The summed E-state index contributed by atoms with van der Waals surface area (Å²) in [6.07, 6.45) is 3.18. The summed E-state index contributed by atoms with van der Waals surface area (Å²) in [5, 5.41) is 8.01. The van der Waals surface area contributed by atoms with Crippen LogP contribution in [0, 0.1) is 0 Å². The fraction of sp³-hybridized carbons (Fsp3) is 0.615. The normalized spacial score (nSPS) is 12.4. The van der Waals surface area contributed by atoms with Crippen LogP contribution >= 0.6 is 0 Å². The van der Waals surface area contributed by atoms with Crippen molar-refractivity contribution in [3.63, 3.8) is 0 Å². The molecule has 6 nitrogen and oxygen atoms in total. The molecule has 0 fully saturated rings. The van der Waals surface area contributed by atoms with Gasteiger partial charge in [0.25, 0.3) is 5.91 Å². The summed E-state index contributed by atoms with van der Waals surface area (Å²) in [5.74, 6) is -0.291. The number of nitrogens with two attached hydrogens (primary N) is 1. The van der Waals surface area contributed by atoms with Crippen molar-refractivity contribution in [1.82, 2.24) is 9.88 Å². The second kappa shape index (κ2) is 5.97. The standard InChI is InChI=1S/C13H23N3O3S/c1-5-7-13(3,4)15-12(17)11-8-10(20(14,18)19)9-16(11)6-2/h8-9H,5-7H2,1-4H3,(H,15,17)(H2,14,18,19). The highest BCUT2D eigenvalue weighted by Gasteiger charge is 2.24. The van der Waals surface area contributed by atoms with E-state index in [4.69, 9.17) is 5.14 Å². The van der Waals surface area contributed by atoms with E-state index in [2.05, 4.69) is 5.32 Å². The van der Waals surface area contributed by atoms with Crippen LogP contribution in [0.15, 0.2) is 17.2 Å². The number of aromatic nitrogens is 1. The number of amides is 1. The molecule has 0 saturated heterocycles. The van der Waals surface area contributed by atoms with Gasteiger partial charge >= 0.3 is 0 Å². The number of hydrogen-bond donors (Lipinski definition) is 2. The van der Waals surface area contributed by atoms with Crippen LogP contribution in [0.5, 0.6) is 0 Å². The van der Waals surface area contributed by atoms with Crippen molar-refractivity contribution < 1.29 is 13.2 Å². The molecule has 1 aromatic heterocycles. The third-order valence-corrected chi connectivity index (χ3v) is 3.98. The minimum atomic E-state index is -3.80. The van der Waals surface area contributed by atoms with Gasteiger partial charge in [-0.05, 0) is 33.3 Å². The highest BCUT2D eigenvalue weighted by molar-refractivity contribution is 7.89. The molecule has 0 saturated carbocycles. The number of carbonyl (C=O) groups excluding carboxylic acids is 1. The van der Waals surface area contributed by atoms with Crippen molar-refractivity contribution in [1.29, 1.82) is 0 Å². The summed E-state index contributed by atoms with van der Waals surface area (Å²) in [6.45, 7) is 8.25. The Labute approximate surface area is 120 Å². The van der Waals surface area contributed by atoms with Crippen LogP contribution in [0.2, 0.25) is 0 Å². The number of rotatable bonds is 6. The molecule has 3 N–H and O–H groups in total. The fourth-order valence-corrected chi connectivity index (χ4v) is 2.70. The number of nitrogens with zero attached hydrogens (tertiary/aromatic N) is 1. The Kier molecular flexibility index (Phi) is 4.99. The second-order valence-electron chi connectivity index (χ2n) is 5.48. The number of sulfonamides is 1. The lowest BCUT2D eigenvalue weighted by Gasteiger charge is -2.25. The molecule has 0 unspecified atom stereocenters. The monoisotopic (exact) mass is 301 g/mol. The van der Waals surface area contributed by atoms with Crippen LogP contribution in [0.3, 0.4) is 0 Å². The molecule has 114 valence electrons. The summed E-state index contributed by atoms with van der Waals surface area (Å²) in [5.41, 5.74) is -0.0307. The first-order valence-corrected chi connectivity index (χ1v) is 8.21. The first-order chi connectivity index (χ1) is 9.10. The van der Waals surface area contributed by atoms with Crippen LogP contribution in [0.1, 0.15) is 51.0 Å². The van der Waals surface area contributed by atoms with Gasteiger partial charge in [0.2, 0.25) is 10.0 Å². The second-order valence-corrected chi connectivity index (χ2v) is 7.04. The largest absolute Gasteiger partial charge is 0.346 e. The topological polar surface area (TPSA) is 94.2 Å². The van der Waals surface area contributed by atoms with Gasteiger partial charge in [0.15, 0.2) is 0 Å². The number of aryl methyl sites for hydroxylation is 1. The Balaban J connectivity index is 3.07. The zero-order valence-corrected chi connectivity index (χ0v) is 13.3. The predicted octanol–water partition coefficient (Wildman–Crippen LogP) is 1.46. The third kappa shape index (κ3) is 4.08. The summed E-state index contributed by atoms with van der Waals surface area (Å²) in [6, 6.07) is 1.32. The maximum Gasteiger partial charge on any atom is 0.268 e. The molecular weight excluding hydrogens is 278 g/mol.